The average Bonchev–Trinajstić information content (AvgIpc) is 3.57. The fourth-order valence-electron chi connectivity index (χ4n) is 4.87. The number of thiophene rings is 1. The second-order valence-electron chi connectivity index (χ2n) is 9.26. The Morgan fingerprint density at radius 2 is 1.81 bits per heavy atom. The van der Waals surface area contributed by atoms with Gasteiger partial charge in [-0.15, -0.1) is 11.3 Å². The number of rotatable bonds is 8. The second-order valence-corrected chi connectivity index (χ2v) is 10.7. The van der Waals surface area contributed by atoms with Crippen molar-refractivity contribution in [2.24, 2.45) is 0 Å². The third kappa shape index (κ3) is 5.85. The lowest BCUT2D eigenvalue weighted by molar-refractivity contribution is -0.141. The molecule has 1 unspecified atom stereocenters. The van der Waals surface area contributed by atoms with Crippen LogP contribution >= 0.6 is 22.9 Å². The summed E-state index contributed by atoms with van der Waals surface area (Å²) >= 11 is 7.70. The van der Waals surface area contributed by atoms with Crippen LogP contribution in [0.1, 0.15) is 54.1 Å². The molecule has 36 heavy (non-hydrogen) atoms. The number of nitrogens with one attached hydrogen (secondary N) is 1. The van der Waals surface area contributed by atoms with Crippen LogP contribution in [0, 0.1) is 0 Å². The molecule has 2 amide bonds. The molecular formula is C28H29ClN2O4S. The van der Waals surface area contributed by atoms with Gasteiger partial charge in [0.25, 0.3) is 0 Å². The Kier molecular flexibility index (Phi) is 7.78. The quantitative estimate of drug-likeness (QED) is 0.399. The molecule has 0 spiro atoms. The van der Waals surface area contributed by atoms with E-state index in [0.717, 1.165) is 41.7 Å². The molecule has 188 valence electrons. The number of carbonyl (C=O) groups excluding carboxylic acids is 2. The maximum Gasteiger partial charge on any atom is 0.247 e. The molecule has 5 rings (SSSR count). The molecule has 0 saturated heterocycles. The Bertz CT molecular complexity index is 1190. The first-order valence-electron chi connectivity index (χ1n) is 12.3. The number of carbonyl (C=O) groups is 2. The van der Waals surface area contributed by atoms with E-state index in [4.69, 9.17) is 21.1 Å². The van der Waals surface area contributed by atoms with Crippen molar-refractivity contribution in [3.05, 3.63) is 81.0 Å². The number of fused-ring (bicyclic) bond motifs is 1. The van der Waals surface area contributed by atoms with Crippen LogP contribution in [0.4, 0.5) is 0 Å². The zero-order chi connectivity index (χ0) is 24.9. The van der Waals surface area contributed by atoms with Crippen molar-refractivity contribution < 1.29 is 19.1 Å². The van der Waals surface area contributed by atoms with E-state index in [1.54, 1.807) is 17.0 Å². The first-order chi connectivity index (χ1) is 17.6. The van der Waals surface area contributed by atoms with Crippen molar-refractivity contribution in [2.45, 2.75) is 57.2 Å². The summed E-state index contributed by atoms with van der Waals surface area (Å²) in [6.45, 7) is 0.434. The first-order valence-corrected chi connectivity index (χ1v) is 13.6. The Balaban J connectivity index is 1.49. The molecule has 0 radical (unpaired) electrons. The van der Waals surface area contributed by atoms with E-state index in [1.165, 1.54) is 17.8 Å². The number of ether oxygens (including phenoxy) is 2. The Morgan fingerprint density at radius 3 is 2.56 bits per heavy atom. The molecule has 8 heteroatoms. The van der Waals surface area contributed by atoms with Crippen molar-refractivity contribution in [1.29, 1.82) is 0 Å². The molecule has 1 aliphatic heterocycles. The van der Waals surface area contributed by atoms with E-state index >= 15 is 0 Å². The summed E-state index contributed by atoms with van der Waals surface area (Å²) in [6, 6.07) is 16.0. The summed E-state index contributed by atoms with van der Waals surface area (Å²) in [7, 11) is 0. The van der Waals surface area contributed by atoms with Gasteiger partial charge in [0.05, 0.1) is 6.42 Å². The van der Waals surface area contributed by atoms with Gasteiger partial charge >= 0.3 is 0 Å². The van der Waals surface area contributed by atoms with Gasteiger partial charge in [-0.2, -0.15) is 0 Å². The van der Waals surface area contributed by atoms with Crippen molar-refractivity contribution in [3.63, 3.8) is 0 Å². The highest BCUT2D eigenvalue weighted by Gasteiger charge is 2.33. The van der Waals surface area contributed by atoms with Crippen LogP contribution in [0.3, 0.4) is 0 Å². The van der Waals surface area contributed by atoms with Gasteiger partial charge in [0.2, 0.25) is 18.6 Å². The number of hydrogen-bond donors (Lipinski definition) is 1. The monoisotopic (exact) mass is 524 g/mol. The lowest BCUT2D eigenvalue weighted by Gasteiger charge is -2.33. The molecule has 6 nitrogen and oxygen atoms in total. The molecule has 2 heterocycles. The topological polar surface area (TPSA) is 67.9 Å². The van der Waals surface area contributed by atoms with E-state index < -0.39 is 6.04 Å². The molecular weight excluding hydrogens is 496 g/mol. The minimum Gasteiger partial charge on any atom is -0.454 e. The maximum absolute atomic E-state index is 13.8. The molecule has 1 N–H and O–H groups in total. The van der Waals surface area contributed by atoms with E-state index in [2.05, 4.69) is 5.32 Å². The number of hydrogen-bond acceptors (Lipinski definition) is 5. The molecule has 3 aromatic rings. The van der Waals surface area contributed by atoms with Crippen LogP contribution in [0.5, 0.6) is 11.5 Å². The average molecular weight is 525 g/mol. The van der Waals surface area contributed by atoms with Gasteiger partial charge in [0, 0.05) is 22.5 Å². The number of benzene rings is 2. The van der Waals surface area contributed by atoms with Gasteiger partial charge < -0.3 is 19.7 Å². The molecule has 2 aromatic carbocycles. The van der Waals surface area contributed by atoms with E-state index in [0.29, 0.717) is 16.5 Å². The predicted octanol–water partition coefficient (Wildman–Crippen LogP) is 5.89. The molecule has 1 saturated carbocycles. The number of halogens is 1. The van der Waals surface area contributed by atoms with Crippen molar-refractivity contribution >= 4 is 34.8 Å². The second kappa shape index (κ2) is 11.4. The van der Waals surface area contributed by atoms with Gasteiger partial charge in [-0.25, -0.2) is 0 Å². The highest BCUT2D eigenvalue weighted by molar-refractivity contribution is 7.10. The van der Waals surface area contributed by atoms with Crippen molar-refractivity contribution in [2.75, 3.05) is 6.79 Å². The predicted molar refractivity (Wildman–Crippen MR) is 140 cm³/mol. The Labute approximate surface area is 220 Å². The third-order valence-electron chi connectivity index (χ3n) is 6.71. The van der Waals surface area contributed by atoms with Gasteiger partial charge in [0.15, 0.2) is 11.5 Å². The summed E-state index contributed by atoms with van der Waals surface area (Å²) < 4.78 is 11.0. The van der Waals surface area contributed by atoms with Crippen LogP contribution in [0.15, 0.2) is 60.0 Å². The summed E-state index contributed by atoms with van der Waals surface area (Å²) in [5.74, 6) is 1.05. The van der Waals surface area contributed by atoms with Crippen LogP contribution in [0.25, 0.3) is 0 Å². The van der Waals surface area contributed by atoms with Crippen LogP contribution < -0.4 is 14.8 Å². The largest absolute Gasteiger partial charge is 0.454 e. The van der Waals surface area contributed by atoms with Gasteiger partial charge in [-0.05, 0) is 59.7 Å². The normalized spacial score (nSPS) is 15.9. The minimum absolute atomic E-state index is 0.117. The molecule has 1 aromatic heterocycles. The lowest BCUT2D eigenvalue weighted by Crippen LogP contribution is -2.47. The Morgan fingerprint density at radius 1 is 1.03 bits per heavy atom. The first kappa shape index (κ1) is 24.7. The Hall–Kier alpha value is -3.03. The molecule has 1 fully saturated rings. The van der Waals surface area contributed by atoms with Crippen LogP contribution in [-0.4, -0.2) is 29.5 Å². The third-order valence-corrected chi connectivity index (χ3v) is 7.84. The van der Waals surface area contributed by atoms with Gasteiger partial charge in [-0.3, -0.25) is 9.59 Å². The molecule has 2 aliphatic rings. The van der Waals surface area contributed by atoms with Gasteiger partial charge in [-0.1, -0.05) is 55.1 Å². The highest BCUT2D eigenvalue weighted by Crippen LogP contribution is 2.34. The van der Waals surface area contributed by atoms with Crippen molar-refractivity contribution in [3.8, 4) is 11.5 Å². The lowest BCUT2D eigenvalue weighted by atomic mass is 9.94. The zero-order valence-corrected chi connectivity index (χ0v) is 21.5. The summed E-state index contributed by atoms with van der Waals surface area (Å²) in [5.41, 5.74) is 1.59. The number of nitrogens with zero attached hydrogens (tertiary/aromatic N) is 1. The highest BCUT2D eigenvalue weighted by atomic mass is 35.5. The van der Waals surface area contributed by atoms with Crippen molar-refractivity contribution in [1.82, 2.24) is 10.2 Å². The fourth-order valence-corrected chi connectivity index (χ4v) is 5.69. The van der Waals surface area contributed by atoms with E-state index in [1.807, 2.05) is 47.8 Å². The van der Waals surface area contributed by atoms with Crippen LogP contribution in [-0.2, 0) is 22.6 Å². The minimum atomic E-state index is -0.790. The van der Waals surface area contributed by atoms with Gasteiger partial charge in [0.1, 0.15) is 6.04 Å². The number of amides is 2. The standard InChI is InChI=1S/C28H29ClN2O4S/c29-21-11-9-20(10-12-21)27(28(33)30-22-5-2-1-3-6-22)31(26(32)16-23-7-4-14-36-23)17-19-8-13-24-25(15-19)35-18-34-24/h4,7-15,22,27H,1-3,5-6,16-18H2,(H,30,33). The summed E-state index contributed by atoms with van der Waals surface area (Å²) in [6.07, 6.45) is 5.56. The molecule has 1 atom stereocenters. The van der Waals surface area contributed by atoms with E-state index in [-0.39, 0.29) is 37.6 Å². The maximum atomic E-state index is 13.8. The molecule has 0 bridgehead atoms. The van der Waals surface area contributed by atoms with Crippen LogP contribution in [0.2, 0.25) is 5.02 Å². The zero-order valence-electron chi connectivity index (χ0n) is 20.0. The molecule has 1 aliphatic carbocycles. The fraction of sp³-hybridized carbons (Fsp3) is 0.357. The van der Waals surface area contributed by atoms with E-state index in [9.17, 15) is 9.59 Å². The summed E-state index contributed by atoms with van der Waals surface area (Å²) in [5, 5.41) is 5.78. The summed E-state index contributed by atoms with van der Waals surface area (Å²) in [4.78, 5) is 30.3. The smallest absolute Gasteiger partial charge is 0.247 e. The SMILES string of the molecule is O=C(NC1CCCCC1)C(c1ccc(Cl)cc1)N(Cc1ccc2c(c1)OCO2)C(=O)Cc1cccs1.